The normalized spacial score (nSPS) is 22.3. The lowest BCUT2D eigenvalue weighted by atomic mass is 10.0. The second-order valence-electron chi connectivity index (χ2n) is 6.21. The molecule has 1 aromatic heterocycles. The number of halogens is 2. The molecule has 2 rings (SSSR count). The van der Waals surface area contributed by atoms with E-state index in [0.29, 0.717) is 18.8 Å². The van der Waals surface area contributed by atoms with Gasteiger partial charge in [0.2, 0.25) is 0 Å². The largest absolute Gasteiger partial charge is 0.444 e. The van der Waals surface area contributed by atoms with Gasteiger partial charge in [0.15, 0.2) is 0 Å². The number of nitrogens with one attached hydrogen (secondary N) is 1. The molecular weight excluding hydrogens is 311 g/mol. The fourth-order valence-electron chi connectivity index (χ4n) is 2.16. The number of aromatic nitrogens is 2. The van der Waals surface area contributed by atoms with Crippen molar-refractivity contribution in [2.75, 3.05) is 18.4 Å². The van der Waals surface area contributed by atoms with Crippen molar-refractivity contribution in [2.24, 2.45) is 0 Å². The molecule has 8 heteroatoms. The Morgan fingerprint density at radius 2 is 2.23 bits per heavy atom. The summed E-state index contributed by atoms with van der Waals surface area (Å²) in [5.41, 5.74) is -0.589. The Morgan fingerprint density at radius 3 is 2.82 bits per heavy atom. The summed E-state index contributed by atoms with van der Waals surface area (Å²) < 4.78 is 19.5. The van der Waals surface area contributed by atoms with Gasteiger partial charge < -0.3 is 15.0 Å². The highest BCUT2D eigenvalue weighted by atomic mass is 35.5. The van der Waals surface area contributed by atoms with Crippen LogP contribution >= 0.6 is 11.6 Å². The molecule has 1 N–H and O–H groups in total. The molecule has 0 bridgehead atoms. The number of hydrogen-bond donors (Lipinski definition) is 1. The molecule has 122 valence electrons. The smallest absolute Gasteiger partial charge is 0.410 e. The molecule has 1 aliphatic rings. The first-order valence-corrected chi connectivity index (χ1v) is 7.48. The molecule has 1 aliphatic heterocycles. The minimum Gasteiger partial charge on any atom is -0.444 e. The maximum atomic E-state index is 14.3. The van der Waals surface area contributed by atoms with Crippen LogP contribution in [-0.4, -0.2) is 51.9 Å². The summed E-state index contributed by atoms with van der Waals surface area (Å²) in [5.74, 6) is 0.422. The Balaban J connectivity index is 1.91. The van der Waals surface area contributed by atoms with E-state index >= 15 is 0 Å². The van der Waals surface area contributed by atoms with Crippen molar-refractivity contribution < 1.29 is 13.9 Å². The van der Waals surface area contributed by atoms with Crippen molar-refractivity contribution in [3.05, 3.63) is 17.5 Å². The molecule has 0 unspecified atom stereocenters. The molecule has 0 aromatic carbocycles. The Morgan fingerprint density at radius 1 is 1.50 bits per heavy atom. The molecule has 2 atom stereocenters. The topological polar surface area (TPSA) is 67.3 Å². The van der Waals surface area contributed by atoms with Crippen LogP contribution in [0.3, 0.4) is 0 Å². The first-order valence-electron chi connectivity index (χ1n) is 7.11. The number of anilines is 1. The van der Waals surface area contributed by atoms with Crippen LogP contribution in [0.4, 0.5) is 15.0 Å². The number of hydrogen-bond acceptors (Lipinski definition) is 5. The zero-order valence-corrected chi connectivity index (χ0v) is 13.6. The van der Waals surface area contributed by atoms with Gasteiger partial charge in [-0.25, -0.2) is 14.2 Å². The minimum absolute atomic E-state index is 0.0133. The maximum Gasteiger partial charge on any atom is 0.410 e. The van der Waals surface area contributed by atoms with E-state index in [1.165, 1.54) is 17.3 Å². The van der Waals surface area contributed by atoms with E-state index in [1.54, 1.807) is 20.8 Å². The van der Waals surface area contributed by atoms with E-state index in [0.717, 1.165) is 0 Å². The lowest BCUT2D eigenvalue weighted by Gasteiger charge is -2.36. The molecule has 0 radical (unpaired) electrons. The van der Waals surface area contributed by atoms with Crippen LogP contribution in [0.5, 0.6) is 0 Å². The standard InChI is InChI=1S/C14H20ClFN4O2/c1-14(2,3)22-13(21)20-5-4-10(9(16)8-20)18-12-7-17-6-11(15)19-12/h6-7,9-10H,4-5,8H2,1-3H3,(H,18,19)/t9-,10-/m0/s1. The monoisotopic (exact) mass is 330 g/mol. The van der Waals surface area contributed by atoms with Gasteiger partial charge in [0, 0.05) is 6.54 Å². The van der Waals surface area contributed by atoms with Gasteiger partial charge in [-0.2, -0.15) is 0 Å². The van der Waals surface area contributed by atoms with E-state index in [-0.39, 0.29) is 11.7 Å². The summed E-state index contributed by atoms with van der Waals surface area (Å²) in [4.78, 5) is 21.3. The van der Waals surface area contributed by atoms with Crippen LogP contribution in [0.15, 0.2) is 12.4 Å². The number of carbonyl (C=O) groups excluding carboxylic acids is 1. The molecule has 6 nitrogen and oxygen atoms in total. The van der Waals surface area contributed by atoms with Crippen LogP contribution in [0.2, 0.25) is 5.15 Å². The number of ether oxygens (including phenoxy) is 1. The van der Waals surface area contributed by atoms with Gasteiger partial charge in [-0.05, 0) is 27.2 Å². The fourth-order valence-corrected chi connectivity index (χ4v) is 2.31. The zero-order chi connectivity index (χ0) is 16.3. The first-order chi connectivity index (χ1) is 10.2. The third-order valence-corrected chi connectivity index (χ3v) is 3.31. The summed E-state index contributed by atoms with van der Waals surface area (Å²) in [6, 6.07) is -0.438. The molecule has 0 spiro atoms. The molecule has 1 amide bonds. The second kappa shape index (κ2) is 6.64. The molecule has 1 aromatic rings. The third kappa shape index (κ3) is 4.69. The van der Waals surface area contributed by atoms with Crippen molar-refractivity contribution in [1.29, 1.82) is 0 Å². The molecule has 22 heavy (non-hydrogen) atoms. The predicted molar refractivity (Wildman–Crippen MR) is 81.8 cm³/mol. The van der Waals surface area contributed by atoms with Gasteiger partial charge >= 0.3 is 6.09 Å². The highest BCUT2D eigenvalue weighted by molar-refractivity contribution is 6.29. The van der Waals surface area contributed by atoms with Gasteiger partial charge in [0.25, 0.3) is 0 Å². The molecule has 0 aliphatic carbocycles. The number of amides is 1. The summed E-state index contributed by atoms with van der Waals surface area (Å²) >= 11 is 5.75. The quantitative estimate of drug-likeness (QED) is 0.903. The number of carbonyl (C=O) groups is 1. The van der Waals surface area contributed by atoms with Crippen molar-refractivity contribution in [3.8, 4) is 0 Å². The third-order valence-electron chi connectivity index (χ3n) is 3.13. The zero-order valence-electron chi connectivity index (χ0n) is 12.8. The van der Waals surface area contributed by atoms with Crippen molar-refractivity contribution in [1.82, 2.24) is 14.9 Å². The number of rotatable bonds is 2. The summed E-state index contributed by atoms with van der Waals surface area (Å²) in [7, 11) is 0. The molecule has 1 fully saturated rings. The number of piperidine rings is 1. The summed E-state index contributed by atoms with van der Waals surface area (Å²) in [6.07, 6.45) is 1.64. The summed E-state index contributed by atoms with van der Waals surface area (Å²) in [6.45, 7) is 5.75. The fraction of sp³-hybridized carbons (Fsp3) is 0.643. The van der Waals surface area contributed by atoms with Gasteiger partial charge in [-0.15, -0.1) is 0 Å². The number of nitrogens with zero attached hydrogens (tertiary/aromatic N) is 3. The van der Waals surface area contributed by atoms with Gasteiger partial charge in [0.1, 0.15) is 22.7 Å². The van der Waals surface area contributed by atoms with Crippen molar-refractivity contribution in [2.45, 2.75) is 45.0 Å². The Bertz CT molecular complexity index is 538. The van der Waals surface area contributed by atoms with E-state index in [9.17, 15) is 9.18 Å². The summed E-state index contributed by atoms with van der Waals surface area (Å²) in [5, 5.41) is 3.21. The average Bonchev–Trinajstić information content (AvgIpc) is 2.39. The molecule has 1 saturated heterocycles. The lowest BCUT2D eigenvalue weighted by molar-refractivity contribution is 0.0125. The first kappa shape index (κ1) is 16.7. The number of alkyl halides is 1. The molecular formula is C14H20ClFN4O2. The van der Waals surface area contributed by atoms with E-state index < -0.39 is 23.9 Å². The second-order valence-corrected chi connectivity index (χ2v) is 6.60. The Labute approximate surface area is 134 Å². The van der Waals surface area contributed by atoms with Crippen LogP contribution < -0.4 is 5.32 Å². The van der Waals surface area contributed by atoms with Gasteiger partial charge in [0.05, 0.1) is 25.0 Å². The van der Waals surface area contributed by atoms with Crippen LogP contribution in [-0.2, 0) is 4.74 Å². The van der Waals surface area contributed by atoms with Gasteiger partial charge in [-0.1, -0.05) is 11.6 Å². The maximum absolute atomic E-state index is 14.3. The molecule has 2 heterocycles. The molecule has 0 saturated carbocycles. The highest BCUT2D eigenvalue weighted by Crippen LogP contribution is 2.20. The van der Waals surface area contributed by atoms with Crippen molar-refractivity contribution in [3.63, 3.8) is 0 Å². The van der Waals surface area contributed by atoms with E-state index in [2.05, 4.69) is 15.3 Å². The Hall–Kier alpha value is -1.63. The van der Waals surface area contributed by atoms with Crippen molar-refractivity contribution >= 4 is 23.5 Å². The van der Waals surface area contributed by atoms with E-state index in [4.69, 9.17) is 16.3 Å². The SMILES string of the molecule is CC(C)(C)OC(=O)N1CC[C@H](Nc2cncc(Cl)n2)[C@@H](F)C1. The van der Waals surface area contributed by atoms with E-state index in [1.807, 2.05) is 0 Å². The number of likely N-dealkylation sites (tertiary alicyclic amines) is 1. The lowest BCUT2D eigenvalue weighted by Crippen LogP contribution is -2.51. The average molecular weight is 331 g/mol. The van der Waals surface area contributed by atoms with Gasteiger partial charge in [-0.3, -0.25) is 4.98 Å². The predicted octanol–water partition coefficient (Wildman–Crippen LogP) is 2.89. The van der Waals surface area contributed by atoms with Crippen LogP contribution in [0, 0.1) is 0 Å². The van der Waals surface area contributed by atoms with Crippen LogP contribution in [0.25, 0.3) is 0 Å². The highest BCUT2D eigenvalue weighted by Gasteiger charge is 2.33. The van der Waals surface area contributed by atoms with Crippen LogP contribution in [0.1, 0.15) is 27.2 Å². The minimum atomic E-state index is -1.22. The Kier molecular flexibility index (Phi) is 5.05.